The molecule has 4 rings (SSSR count). The smallest absolute Gasteiger partial charge is 0.231 e. The molecule has 0 aromatic heterocycles. The van der Waals surface area contributed by atoms with Gasteiger partial charge in [0.2, 0.25) is 6.79 Å². The second kappa shape index (κ2) is 9.59. The number of halogens is 1. The number of nitrogens with one attached hydrogen (secondary N) is 1. The van der Waals surface area contributed by atoms with E-state index in [2.05, 4.69) is 29.6 Å². The highest BCUT2D eigenvalue weighted by molar-refractivity contribution is 5.85. The van der Waals surface area contributed by atoms with Crippen molar-refractivity contribution in [2.24, 2.45) is 0 Å². The fraction of sp³-hybridized carbons (Fsp3) is 0.478. The van der Waals surface area contributed by atoms with Crippen LogP contribution in [0.1, 0.15) is 43.2 Å². The van der Waals surface area contributed by atoms with Crippen LogP contribution in [-0.2, 0) is 12.0 Å². The van der Waals surface area contributed by atoms with Crippen molar-refractivity contribution in [1.29, 1.82) is 0 Å². The van der Waals surface area contributed by atoms with Crippen molar-refractivity contribution in [2.75, 3.05) is 27.6 Å². The first-order valence-electron chi connectivity index (χ1n) is 10.1. The molecule has 158 valence electrons. The minimum Gasteiger partial charge on any atom is -0.493 e. The molecular formula is C23H30ClNO4. The van der Waals surface area contributed by atoms with Gasteiger partial charge in [0.05, 0.1) is 14.2 Å². The Labute approximate surface area is 179 Å². The van der Waals surface area contributed by atoms with E-state index in [0.717, 1.165) is 36.1 Å². The largest absolute Gasteiger partial charge is 0.493 e. The van der Waals surface area contributed by atoms with E-state index in [1.54, 1.807) is 14.2 Å². The number of hydrogen-bond acceptors (Lipinski definition) is 5. The van der Waals surface area contributed by atoms with Crippen molar-refractivity contribution < 1.29 is 18.9 Å². The Hall–Kier alpha value is -2.11. The molecule has 0 amide bonds. The molecular weight excluding hydrogens is 390 g/mol. The number of ether oxygens (including phenoxy) is 4. The number of hydrogen-bond donors (Lipinski definition) is 1. The van der Waals surface area contributed by atoms with Crippen LogP contribution in [0, 0.1) is 0 Å². The van der Waals surface area contributed by atoms with Gasteiger partial charge >= 0.3 is 0 Å². The predicted octanol–water partition coefficient (Wildman–Crippen LogP) is 4.85. The number of methoxy groups -OCH3 is 2. The van der Waals surface area contributed by atoms with Gasteiger partial charge in [-0.25, -0.2) is 0 Å². The van der Waals surface area contributed by atoms with Crippen LogP contribution in [0.3, 0.4) is 0 Å². The SMILES string of the molecule is COc1ccc(C2(CNCc3ccc4c(c3)OCO4)CCCCC2)cc1OC.Cl. The highest BCUT2D eigenvalue weighted by Crippen LogP contribution is 2.42. The summed E-state index contributed by atoms with van der Waals surface area (Å²) >= 11 is 0. The lowest BCUT2D eigenvalue weighted by atomic mass is 9.69. The average Bonchev–Trinajstić information content (AvgIpc) is 3.22. The van der Waals surface area contributed by atoms with Crippen LogP contribution in [-0.4, -0.2) is 27.6 Å². The van der Waals surface area contributed by atoms with E-state index < -0.39 is 0 Å². The third kappa shape index (κ3) is 4.57. The molecule has 0 spiro atoms. The van der Waals surface area contributed by atoms with Crippen LogP contribution >= 0.6 is 12.4 Å². The minimum absolute atomic E-state index is 0. The molecule has 0 radical (unpaired) electrons. The van der Waals surface area contributed by atoms with Gasteiger partial charge in [0.1, 0.15) is 0 Å². The molecule has 0 unspecified atom stereocenters. The summed E-state index contributed by atoms with van der Waals surface area (Å²) in [5.41, 5.74) is 2.68. The first kappa shape index (κ1) is 21.6. The van der Waals surface area contributed by atoms with Gasteiger partial charge in [0.25, 0.3) is 0 Å². The van der Waals surface area contributed by atoms with E-state index in [-0.39, 0.29) is 17.8 Å². The summed E-state index contributed by atoms with van der Waals surface area (Å²) in [6.45, 7) is 2.07. The van der Waals surface area contributed by atoms with Crippen molar-refractivity contribution in [3.8, 4) is 23.0 Å². The van der Waals surface area contributed by atoms with Crippen molar-refractivity contribution in [1.82, 2.24) is 5.32 Å². The highest BCUT2D eigenvalue weighted by atomic mass is 35.5. The van der Waals surface area contributed by atoms with E-state index in [9.17, 15) is 0 Å². The third-order valence-corrected chi connectivity index (χ3v) is 6.04. The Morgan fingerprint density at radius 1 is 0.897 bits per heavy atom. The molecule has 1 aliphatic heterocycles. The molecule has 5 nitrogen and oxygen atoms in total. The summed E-state index contributed by atoms with van der Waals surface area (Å²) in [6, 6.07) is 12.6. The maximum Gasteiger partial charge on any atom is 0.231 e. The van der Waals surface area contributed by atoms with Gasteiger partial charge < -0.3 is 24.3 Å². The van der Waals surface area contributed by atoms with E-state index >= 15 is 0 Å². The summed E-state index contributed by atoms with van der Waals surface area (Å²) in [6.07, 6.45) is 6.23. The Balaban J connectivity index is 0.00000240. The predicted molar refractivity (Wildman–Crippen MR) is 116 cm³/mol. The van der Waals surface area contributed by atoms with Gasteiger partial charge in [-0.3, -0.25) is 0 Å². The summed E-state index contributed by atoms with van der Waals surface area (Å²) in [7, 11) is 3.38. The van der Waals surface area contributed by atoms with E-state index in [4.69, 9.17) is 18.9 Å². The van der Waals surface area contributed by atoms with E-state index in [1.807, 2.05) is 12.1 Å². The topological polar surface area (TPSA) is 49.0 Å². The zero-order valence-corrected chi connectivity index (χ0v) is 18.0. The number of fused-ring (bicyclic) bond motifs is 1. The molecule has 1 aliphatic carbocycles. The normalized spacial score (nSPS) is 16.8. The second-order valence-electron chi connectivity index (χ2n) is 7.70. The molecule has 0 saturated heterocycles. The summed E-state index contributed by atoms with van der Waals surface area (Å²) in [4.78, 5) is 0. The Kier molecular flexibility index (Phi) is 7.14. The van der Waals surface area contributed by atoms with Crippen molar-refractivity contribution >= 4 is 12.4 Å². The molecule has 2 aromatic rings. The fourth-order valence-corrected chi connectivity index (χ4v) is 4.46. The van der Waals surface area contributed by atoms with Gasteiger partial charge in [-0.2, -0.15) is 0 Å². The average molecular weight is 420 g/mol. The van der Waals surface area contributed by atoms with Crippen molar-refractivity contribution in [3.05, 3.63) is 47.5 Å². The highest BCUT2D eigenvalue weighted by Gasteiger charge is 2.34. The second-order valence-corrected chi connectivity index (χ2v) is 7.70. The summed E-state index contributed by atoms with van der Waals surface area (Å²) in [5, 5.41) is 3.70. The third-order valence-electron chi connectivity index (χ3n) is 6.04. The van der Waals surface area contributed by atoms with Gasteiger partial charge in [0.15, 0.2) is 23.0 Å². The van der Waals surface area contributed by atoms with Crippen LogP contribution in [0.15, 0.2) is 36.4 Å². The quantitative estimate of drug-likeness (QED) is 0.695. The molecule has 6 heteroatoms. The number of benzene rings is 2. The maximum absolute atomic E-state index is 5.56. The molecule has 1 fully saturated rings. The molecule has 2 aromatic carbocycles. The monoisotopic (exact) mass is 419 g/mol. The number of rotatable bonds is 7. The zero-order chi connectivity index (χ0) is 19.4. The van der Waals surface area contributed by atoms with E-state index in [1.165, 1.54) is 43.2 Å². The van der Waals surface area contributed by atoms with Crippen molar-refractivity contribution in [2.45, 2.75) is 44.1 Å². The molecule has 0 bridgehead atoms. The van der Waals surface area contributed by atoms with Crippen molar-refractivity contribution in [3.63, 3.8) is 0 Å². The molecule has 1 saturated carbocycles. The molecule has 1 heterocycles. The van der Waals surface area contributed by atoms with Crippen LogP contribution in [0.5, 0.6) is 23.0 Å². The molecule has 1 N–H and O–H groups in total. The Morgan fingerprint density at radius 2 is 1.66 bits per heavy atom. The van der Waals surface area contributed by atoms with Crippen LogP contribution in [0.2, 0.25) is 0 Å². The molecule has 0 atom stereocenters. The Morgan fingerprint density at radius 3 is 2.41 bits per heavy atom. The lowest BCUT2D eigenvalue weighted by Gasteiger charge is -2.38. The van der Waals surface area contributed by atoms with Crippen LogP contribution in [0.4, 0.5) is 0 Å². The first-order chi connectivity index (χ1) is 13.7. The zero-order valence-electron chi connectivity index (χ0n) is 17.2. The standard InChI is InChI=1S/C23H29NO4.ClH/c1-25-19-9-7-18(13-21(19)26-2)23(10-4-3-5-11-23)15-24-14-17-6-8-20-22(12-17)28-16-27-20;/h6-9,12-13,24H,3-5,10-11,14-16H2,1-2H3;1H. The van der Waals surface area contributed by atoms with Crippen LogP contribution in [0.25, 0.3) is 0 Å². The first-order valence-corrected chi connectivity index (χ1v) is 10.1. The van der Waals surface area contributed by atoms with Gasteiger partial charge in [-0.15, -0.1) is 12.4 Å². The van der Waals surface area contributed by atoms with E-state index in [0.29, 0.717) is 6.79 Å². The Bertz CT molecular complexity index is 821. The van der Waals surface area contributed by atoms with Crippen LogP contribution < -0.4 is 24.3 Å². The van der Waals surface area contributed by atoms with Gasteiger partial charge in [-0.1, -0.05) is 31.4 Å². The van der Waals surface area contributed by atoms with Gasteiger partial charge in [-0.05, 0) is 48.2 Å². The molecule has 29 heavy (non-hydrogen) atoms. The summed E-state index contributed by atoms with van der Waals surface area (Å²) in [5.74, 6) is 3.26. The summed E-state index contributed by atoms with van der Waals surface area (Å²) < 4.78 is 21.9. The maximum atomic E-state index is 5.56. The fourth-order valence-electron chi connectivity index (χ4n) is 4.46. The van der Waals surface area contributed by atoms with Gasteiger partial charge in [0, 0.05) is 18.5 Å². The molecule has 2 aliphatic rings. The lowest BCUT2D eigenvalue weighted by molar-refractivity contribution is 0.174. The lowest BCUT2D eigenvalue weighted by Crippen LogP contribution is -2.39. The minimum atomic E-state index is 0.